The molecule has 180 valence electrons. The summed E-state index contributed by atoms with van der Waals surface area (Å²) in [6, 6.07) is 4.71. The highest BCUT2D eigenvalue weighted by Gasteiger charge is 2.40. The van der Waals surface area contributed by atoms with E-state index >= 15 is 0 Å². The molecule has 2 saturated heterocycles. The Morgan fingerprint density at radius 3 is 2.65 bits per heavy atom. The van der Waals surface area contributed by atoms with Crippen LogP contribution in [0.5, 0.6) is 11.6 Å². The molecule has 1 aromatic carbocycles. The van der Waals surface area contributed by atoms with Crippen LogP contribution < -0.4 is 9.47 Å². The lowest BCUT2D eigenvalue weighted by molar-refractivity contribution is -0.274. The van der Waals surface area contributed by atoms with Gasteiger partial charge in [0.2, 0.25) is 11.8 Å². The number of hydrogen-bond donors (Lipinski definition) is 0. The molecule has 2 amide bonds. The number of rotatable bonds is 5. The second-order valence-corrected chi connectivity index (χ2v) is 8.81. The zero-order valence-corrected chi connectivity index (χ0v) is 18.2. The van der Waals surface area contributed by atoms with Gasteiger partial charge in [-0.15, -0.1) is 13.2 Å². The zero-order chi connectivity index (χ0) is 23.9. The maximum absolute atomic E-state index is 13.0. The molecule has 3 fully saturated rings. The van der Waals surface area contributed by atoms with Crippen molar-refractivity contribution in [2.75, 3.05) is 19.6 Å². The first kappa shape index (κ1) is 22.4. The highest BCUT2D eigenvalue weighted by Crippen LogP contribution is 2.38. The van der Waals surface area contributed by atoms with Gasteiger partial charge >= 0.3 is 6.36 Å². The van der Waals surface area contributed by atoms with Crippen molar-refractivity contribution in [2.45, 2.75) is 50.1 Å². The van der Waals surface area contributed by atoms with Gasteiger partial charge < -0.3 is 19.3 Å². The van der Waals surface area contributed by atoms with Gasteiger partial charge in [-0.05, 0) is 31.0 Å². The van der Waals surface area contributed by atoms with Gasteiger partial charge in [-0.2, -0.15) is 0 Å². The molecule has 2 aliphatic heterocycles. The molecule has 1 aliphatic carbocycles. The lowest BCUT2D eigenvalue weighted by atomic mass is 10.1. The van der Waals surface area contributed by atoms with Crippen LogP contribution in [0.2, 0.25) is 0 Å². The molecule has 2 aromatic rings. The largest absolute Gasteiger partial charge is 0.573 e. The predicted molar refractivity (Wildman–Crippen MR) is 112 cm³/mol. The highest BCUT2D eigenvalue weighted by molar-refractivity contribution is 5.95. The minimum Gasteiger partial charge on any atom is -0.471 e. The number of amides is 2. The summed E-state index contributed by atoms with van der Waals surface area (Å²) in [6.45, 7) is 0.836. The molecule has 1 aromatic heterocycles. The van der Waals surface area contributed by atoms with Crippen LogP contribution in [0.25, 0.3) is 0 Å². The molecule has 34 heavy (non-hydrogen) atoms. The Labute approximate surface area is 193 Å². The number of carbonyl (C=O) groups is 2. The average molecular weight is 476 g/mol. The van der Waals surface area contributed by atoms with E-state index in [0.717, 1.165) is 30.7 Å². The van der Waals surface area contributed by atoms with Crippen LogP contribution in [0.4, 0.5) is 13.2 Å². The van der Waals surface area contributed by atoms with Crippen molar-refractivity contribution >= 4 is 11.8 Å². The summed E-state index contributed by atoms with van der Waals surface area (Å²) in [7, 11) is 0. The first-order valence-electron chi connectivity index (χ1n) is 11.2. The third-order valence-corrected chi connectivity index (χ3v) is 6.26. The molecule has 11 heteroatoms. The number of nitrogens with zero attached hydrogens (tertiary/aromatic N) is 4. The molecule has 0 radical (unpaired) electrons. The van der Waals surface area contributed by atoms with Gasteiger partial charge in [-0.1, -0.05) is 6.07 Å². The van der Waals surface area contributed by atoms with Crippen molar-refractivity contribution in [1.82, 2.24) is 19.8 Å². The smallest absolute Gasteiger partial charge is 0.471 e. The molecule has 0 spiro atoms. The van der Waals surface area contributed by atoms with Gasteiger partial charge in [-0.25, -0.2) is 4.98 Å². The van der Waals surface area contributed by atoms with E-state index in [1.54, 1.807) is 17.3 Å². The summed E-state index contributed by atoms with van der Waals surface area (Å²) in [5.74, 6) is -0.112. The van der Waals surface area contributed by atoms with E-state index in [9.17, 15) is 22.8 Å². The van der Waals surface area contributed by atoms with Gasteiger partial charge in [0.15, 0.2) is 0 Å². The number of aromatic nitrogens is 2. The maximum Gasteiger partial charge on any atom is 0.573 e. The summed E-state index contributed by atoms with van der Waals surface area (Å²) >= 11 is 0. The summed E-state index contributed by atoms with van der Waals surface area (Å²) in [4.78, 5) is 37.7. The Morgan fingerprint density at radius 1 is 1.12 bits per heavy atom. The monoisotopic (exact) mass is 476 g/mol. The summed E-state index contributed by atoms with van der Waals surface area (Å²) in [6.07, 6.45) is 1.10. The number of benzene rings is 1. The SMILES string of the molecule is O=C(c1cccc(OC(F)(F)F)c1)N1CCC(=O)N2C[C@H](Oc3cnc(C4CC4)cn3)C[C@@H]2C1. The van der Waals surface area contributed by atoms with Gasteiger partial charge in [-0.3, -0.25) is 14.6 Å². The van der Waals surface area contributed by atoms with E-state index in [-0.39, 0.29) is 43.1 Å². The van der Waals surface area contributed by atoms with E-state index in [4.69, 9.17) is 4.74 Å². The van der Waals surface area contributed by atoms with Crippen LogP contribution in [0.15, 0.2) is 36.7 Å². The number of alkyl halides is 3. The van der Waals surface area contributed by atoms with E-state index in [1.807, 2.05) is 0 Å². The molecule has 3 heterocycles. The maximum atomic E-state index is 13.0. The Hall–Kier alpha value is -3.37. The van der Waals surface area contributed by atoms with Crippen molar-refractivity contribution in [3.8, 4) is 11.6 Å². The van der Waals surface area contributed by atoms with Crippen LogP contribution in [0.1, 0.15) is 47.7 Å². The number of hydrogen-bond acceptors (Lipinski definition) is 6. The second kappa shape index (κ2) is 8.77. The minimum absolute atomic E-state index is 0.0690. The van der Waals surface area contributed by atoms with Crippen LogP contribution >= 0.6 is 0 Å². The van der Waals surface area contributed by atoms with Crippen LogP contribution in [0.3, 0.4) is 0 Å². The van der Waals surface area contributed by atoms with E-state index in [1.165, 1.54) is 17.0 Å². The number of carbonyl (C=O) groups excluding carboxylic acids is 2. The van der Waals surface area contributed by atoms with Crippen molar-refractivity contribution < 1.29 is 32.2 Å². The number of ether oxygens (including phenoxy) is 2. The van der Waals surface area contributed by atoms with Gasteiger partial charge in [0.25, 0.3) is 5.91 Å². The molecule has 3 aliphatic rings. The van der Waals surface area contributed by atoms with Crippen molar-refractivity contribution in [1.29, 1.82) is 0 Å². The summed E-state index contributed by atoms with van der Waals surface area (Å²) in [5, 5.41) is 0. The molecule has 0 unspecified atom stereocenters. The quantitative estimate of drug-likeness (QED) is 0.659. The van der Waals surface area contributed by atoms with Crippen LogP contribution in [0, 0.1) is 0 Å². The van der Waals surface area contributed by atoms with Crippen molar-refractivity contribution in [3.05, 3.63) is 47.9 Å². The predicted octanol–water partition coefficient (Wildman–Crippen LogP) is 3.15. The first-order chi connectivity index (χ1) is 16.2. The molecule has 2 atom stereocenters. The average Bonchev–Trinajstić information content (AvgIpc) is 3.58. The Bertz CT molecular complexity index is 1070. The number of halogens is 3. The number of fused-ring (bicyclic) bond motifs is 1. The fourth-order valence-corrected chi connectivity index (χ4v) is 4.50. The lowest BCUT2D eigenvalue weighted by Crippen LogP contribution is -2.40. The molecule has 8 nitrogen and oxygen atoms in total. The van der Waals surface area contributed by atoms with Gasteiger partial charge in [0, 0.05) is 37.4 Å². The van der Waals surface area contributed by atoms with Crippen LogP contribution in [-0.4, -0.2) is 69.7 Å². The topological polar surface area (TPSA) is 84.9 Å². The van der Waals surface area contributed by atoms with Crippen molar-refractivity contribution in [2.24, 2.45) is 0 Å². The third-order valence-electron chi connectivity index (χ3n) is 6.26. The molecular formula is C23H23F3N4O4. The van der Waals surface area contributed by atoms with E-state index in [2.05, 4.69) is 14.7 Å². The molecule has 0 N–H and O–H groups in total. The Kier molecular flexibility index (Phi) is 5.78. The van der Waals surface area contributed by atoms with Crippen molar-refractivity contribution in [3.63, 3.8) is 0 Å². The van der Waals surface area contributed by atoms with Crippen LogP contribution in [-0.2, 0) is 4.79 Å². The normalized spacial score (nSPS) is 22.9. The second-order valence-electron chi connectivity index (χ2n) is 8.81. The fourth-order valence-electron chi connectivity index (χ4n) is 4.50. The standard InChI is InChI=1S/C23H23F3N4O4/c24-23(25,26)34-17-3-1-2-15(8-17)22(32)29-7-6-21(31)30-13-18(9-16(30)12-29)33-20-11-27-19(10-28-20)14-4-5-14/h1-3,8,10-11,14,16,18H,4-7,9,12-13H2/t16-,18-/m1/s1. The lowest BCUT2D eigenvalue weighted by Gasteiger charge is -2.25. The molecule has 5 rings (SSSR count). The fraction of sp³-hybridized carbons (Fsp3) is 0.478. The minimum atomic E-state index is -4.85. The van der Waals surface area contributed by atoms with E-state index < -0.39 is 18.0 Å². The summed E-state index contributed by atoms with van der Waals surface area (Å²) in [5.41, 5.74) is 1.03. The van der Waals surface area contributed by atoms with Gasteiger partial charge in [0.1, 0.15) is 11.9 Å². The molecular weight excluding hydrogens is 453 g/mol. The summed E-state index contributed by atoms with van der Waals surface area (Å²) < 4.78 is 47.5. The Balaban J connectivity index is 1.24. The first-order valence-corrected chi connectivity index (χ1v) is 11.2. The Morgan fingerprint density at radius 2 is 1.94 bits per heavy atom. The highest BCUT2D eigenvalue weighted by atomic mass is 19.4. The molecule has 0 bridgehead atoms. The van der Waals surface area contributed by atoms with Gasteiger partial charge in [0.05, 0.1) is 30.7 Å². The third kappa shape index (κ3) is 5.07. The molecule has 1 saturated carbocycles. The zero-order valence-electron chi connectivity index (χ0n) is 18.2. The van der Waals surface area contributed by atoms with E-state index in [0.29, 0.717) is 24.8 Å².